The van der Waals surface area contributed by atoms with E-state index in [1.54, 1.807) is 0 Å². The number of oxime groups is 1. The van der Waals surface area contributed by atoms with Gasteiger partial charge in [0.25, 0.3) is 0 Å². The molecule has 1 fully saturated rings. The molecular formula is C12H25N3O. The van der Waals surface area contributed by atoms with Gasteiger partial charge in [-0.25, -0.2) is 0 Å². The fraction of sp³-hybridized carbons (Fsp3) is 0.917. The van der Waals surface area contributed by atoms with Crippen LogP contribution in [-0.2, 0) is 0 Å². The van der Waals surface area contributed by atoms with Gasteiger partial charge in [0.2, 0.25) is 0 Å². The van der Waals surface area contributed by atoms with Crippen LogP contribution < -0.4 is 5.73 Å². The number of nitrogens with two attached hydrogens (primary N) is 1. The predicted molar refractivity (Wildman–Crippen MR) is 66.7 cm³/mol. The third-order valence-corrected chi connectivity index (χ3v) is 3.63. The summed E-state index contributed by atoms with van der Waals surface area (Å²) in [6.07, 6.45) is 8.01. The lowest BCUT2D eigenvalue weighted by Crippen LogP contribution is -2.38. The van der Waals surface area contributed by atoms with E-state index in [2.05, 4.69) is 17.1 Å². The van der Waals surface area contributed by atoms with Gasteiger partial charge < -0.3 is 15.8 Å². The molecule has 0 spiro atoms. The molecule has 0 radical (unpaired) electrons. The van der Waals surface area contributed by atoms with Crippen molar-refractivity contribution < 1.29 is 5.21 Å². The van der Waals surface area contributed by atoms with Crippen LogP contribution in [0.5, 0.6) is 0 Å². The fourth-order valence-corrected chi connectivity index (χ4v) is 2.47. The molecule has 0 bridgehead atoms. The monoisotopic (exact) mass is 227 g/mol. The van der Waals surface area contributed by atoms with Gasteiger partial charge in [-0.05, 0) is 19.9 Å². The van der Waals surface area contributed by atoms with Gasteiger partial charge in [-0.1, -0.05) is 37.8 Å². The SMILES string of the molecule is CC(CN(C)C1CCCCCC1)/C(N)=N/O. The summed E-state index contributed by atoms with van der Waals surface area (Å²) in [7, 11) is 2.15. The molecule has 16 heavy (non-hydrogen) atoms. The summed E-state index contributed by atoms with van der Waals surface area (Å²) in [5, 5.41) is 11.7. The summed E-state index contributed by atoms with van der Waals surface area (Å²) < 4.78 is 0. The molecule has 0 aromatic heterocycles. The van der Waals surface area contributed by atoms with Crippen LogP contribution >= 0.6 is 0 Å². The van der Waals surface area contributed by atoms with Crippen molar-refractivity contribution in [2.24, 2.45) is 16.8 Å². The number of nitrogens with zero attached hydrogens (tertiary/aromatic N) is 2. The van der Waals surface area contributed by atoms with Gasteiger partial charge in [-0.2, -0.15) is 0 Å². The van der Waals surface area contributed by atoms with Crippen molar-refractivity contribution in [3.63, 3.8) is 0 Å². The summed E-state index contributed by atoms with van der Waals surface area (Å²) in [4.78, 5) is 2.37. The van der Waals surface area contributed by atoms with Gasteiger partial charge in [0.15, 0.2) is 0 Å². The van der Waals surface area contributed by atoms with Crippen LogP contribution in [0.25, 0.3) is 0 Å². The first-order valence-electron chi connectivity index (χ1n) is 6.32. The molecule has 0 heterocycles. The summed E-state index contributed by atoms with van der Waals surface area (Å²) in [5.41, 5.74) is 5.60. The van der Waals surface area contributed by atoms with Crippen LogP contribution in [0.3, 0.4) is 0 Å². The molecular weight excluding hydrogens is 202 g/mol. The zero-order valence-electron chi connectivity index (χ0n) is 10.5. The van der Waals surface area contributed by atoms with Crippen molar-refractivity contribution in [2.45, 2.75) is 51.5 Å². The highest BCUT2D eigenvalue weighted by molar-refractivity contribution is 5.82. The molecule has 4 heteroatoms. The highest BCUT2D eigenvalue weighted by Crippen LogP contribution is 2.21. The van der Waals surface area contributed by atoms with E-state index in [0.717, 1.165) is 6.54 Å². The second-order valence-corrected chi connectivity index (χ2v) is 5.01. The first-order valence-corrected chi connectivity index (χ1v) is 6.32. The van der Waals surface area contributed by atoms with Crippen LogP contribution in [0.2, 0.25) is 0 Å². The number of hydrogen-bond donors (Lipinski definition) is 2. The molecule has 0 saturated heterocycles. The second kappa shape index (κ2) is 6.74. The second-order valence-electron chi connectivity index (χ2n) is 5.01. The number of amidine groups is 1. The predicted octanol–water partition coefficient (Wildman–Crippen LogP) is 2.02. The molecule has 0 aromatic carbocycles. The molecule has 0 aliphatic heterocycles. The average molecular weight is 227 g/mol. The van der Waals surface area contributed by atoms with Crippen LogP contribution in [0, 0.1) is 5.92 Å². The molecule has 0 amide bonds. The molecule has 1 aliphatic carbocycles. The Morgan fingerprint density at radius 2 is 1.94 bits per heavy atom. The Labute approximate surface area is 98.5 Å². The highest BCUT2D eigenvalue weighted by Gasteiger charge is 2.19. The highest BCUT2D eigenvalue weighted by atomic mass is 16.4. The Bertz CT molecular complexity index is 222. The lowest BCUT2D eigenvalue weighted by atomic mass is 10.1. The lowest BCUT2D eigenvalue weighted by molar-refractivity contribution is 0.207. The van der Waals surface area contributed by atoms with Gasteiger partial charge in [0.05, 0.1) is 0 Å². The van der Waals surface area contributed by atoms with E-state index in [1.165, 1.54) is 38.5 Å². The molecule has 1 rings (SSSR count). The van der Waals surface area contributed by atoms with Gasteiger partial charge in [0.1, 0.15) is 5.84 Å². The average Bonchev–Trinajstić information content (AvgIpc) is 2.56. The first-order chi connectivity index (χ1) is 7.65. The largest absolute Gasteiger partial charge is 0.409 e. The Kier molecular flexibility index (Phi) is 5.60. The van der Waals surface area contributed by atoms with E-state index in [1.807, 2.05) is 6.92 Å². The topological polar surface area (TPSA) is 61.8 Å². The van der Waals surface area contributed by atoms with E-state index < -0.39 is 0 Å². The molecule has 1 unspecified atom stereocenters. The third kappa shape index (κ3) is 4.00. The van der Waals surface area contributed by atoms with Crippen LogP contribution in [0.15, 0.2) is 5.16 Å². The molecule has 1 atom stereocenters. The molecule has 1 saturated carbocycles. The summed E-state index contributed by atoms with van der Waals surface area (Å²) >= 11 is 0. The van der Waals surface area contributed by atoms with Gasteiger partial charge in [-0.15, -0.1) is 0 Å². The standard InChI is InChI=1S/C12H25N3O/c1-10(12(13)14-16)9-15(2)11-7-5-3-4-6-8-11/h10-11,16H,3-9H2,1-2H3,(H2,13,14). The van der Waals surface area contributed by atoms with Crippen molar-refractivity contribution in [3.05, 3.63) is 0 Å². The Morgan fingerprint density at radius 3 is 2.44 bits per heavy atom. The van der Waals surface area contributed by atoms with E-state index in [-0.39, 0.29) is 5.92 Å². The zero-order chi connectivity index (χ0) is 12.0. The zero-order valence-corrected chi connectivity index (χ0v) is 10.5. The minimum Gasteiger partial charge on any atom is -0.409 e. The minimum absolute atomic E-state index is 0.123. The summed E-state index contributed by atoms with van der Waals surface area (Å²) in [6.45, 7) is 2.88. The Hall–Kier alpha value is -0.770. The Balaban J connectivity index is 2.40. The number of hydrogen-bond acceptors (Lipinski definition) is 3. The quantitative estimate of drug-likeness (QED) is 0.254. The van der Waals surface area contributed by atoms with Crippen LogP contribution in [0.1, 0.15) is 45.4 Å². The first kappa shape index (κ1) is 13.3. The van der Waals surface area contributed by atoms with Crippen molar-refractivity contribution in [1.29, 1.82) is 0 Å². The van der Waals surface area contributed by atoms with E-state index in [4.69, 9.17) is 10.9 Å². The fourth-order valence-electron chi connectivity index (χ4n) is 2.47. The van der Waals surface area contributed by atoms with Gasteiger partial charge >= 0.3 is 0 Å². The van der Waals surface area contributed by atoms with E-state index in [0.29, 0.717) is 11.9 Å². The molecule has 0 aromatic rings. The van der Waals surface area contributed by atoms with E-state index >= 15 is 0 Å². The smallest absolute Gasteiger partial charge is 0.143 e. The summed E-state index contributed by atoms with van der Waals surface area (Å²) in [5.74, 6) is 0.457. The summed E-state index contributed by atoms with van der Waals surface area (Å²) in [6, 6.07) is 0.677. The van der Waals surface area contributed by atoms with E-state index in [9.17, 15) is 0 Å². The van der Waals surface area contributed by atoms with Gasteiger partial charge in [-0.3, -0.25) is 0 Å². The third-order valence-electron chi connectivity index (χ3n) is 3.63. The lowest BCUT2D eigenvalue weighted by Gasteiger charge is -2.29. The molecule has 1 aliphatic rings. The molecule has 3 N–H and O–H groups in total. The molecule has 94 valence electrons. The van der Waals surface area contributed by atoms with Crippen LogP contribution in [-0.4, -0.2) is 35.6 Å². The number of rotatable bonds is 4. The van der Waals surface area contributed by atoms with Gasteiger partial charge in [0, 0.05) is 18.5 Å². The normalized spacial score (nSPS) is 22.1. The maximum Gasteiger partial charge on any atom is 0.143 e. The van der Waals surface area contributed by atoms with Crippen molar-refractivity contribution in [1.82, 2.24) is 4.90 Å². The maximum absolute atomic E-state index is 8.62. The van der Waals surface area contributed by atoms with Crippen LogP contribution in [0.4, 0.5) is 0 Å². The van der Waals surface area contributed by atoms with Crippen molar-refractivity contribution in [3.8, 4) is 0 Å². The minimum atomic E-state index is 0.123. The molecule has 4 nitrogen and oxygen atoms in total. The Morgan fingerprint density at radius 1 is 1.38 bits per heavy atom. The maximum atomic E-state index is 8.62. The van der Waals surface area contributed by atoms with Crippen molar-refractivity contribution in [2.75, 3.05) is 13.6 Å². The van der Waals surface area contributed by atoms with Crippen molar-refractivity contribution >= 4 is 5.84 Å².